The van der Waals surface area contributed by atoms with Crippen LogP contribution in [0, 0.1) is 0 Å². The third kappa shape index (κ3) is 5.77. The van der Waals surface area contributed by atoms with Crippen molar-refractivity contribution in [3.8, 4) is 0 Å². The summed E-state index contributed by atoms with van der Waals surface area (Å²) in [5, 5.41) is 9.14. The summed E-state index contributed by atoms with van der Waals surface area (Å²) in [4.78, 5) is 17.1. The van der Waals surface area contributed by atoms with Crippen LogP contribution in [0.2, 0.25) is 0 Å². The van der Waals surface area contributed by atoms with Crippen LogP contribution in [0.3, 0.4) is 0 Å². The van der Waals surface area contributed by atoms with Crippen molar-refractivity contribution in [2.75, 3.05) is 33.3 Å². The number of likely N-dealkylation sites (N-methyl/N-ethyl adjacent to an activating group) is 1. The lowest BCUT2D eigenvalue weighted by molar-refractivity contribution is -0.136. The molecule has 1 unspecified atom stereocenters. The van der Waals surface area contributed by atoms with Gasteiger partial charge < -0.3 is 10.0 Å². The molecule has 4 nitrogen and oxygen atoms in total. The van der Waals surface area contributed by atoms with Crippen molar-refractivity contribution in [1.82, 2.24) is 9.80 Å². The zero-order valence-electron chi connectivity index (χ0n) is 14.7. The number of aliphatic hydroxyl groups is 1. The van der Waals surface area contributed by atoms with Gasteiger partial charge in [0.15, 0.2) is 0 Å². The molecule has 1 aromatic carbocycles. The first-order chi connectivity index (χ1) is 11.7. The number of amides is 1. The van der Waals surface area contributed by atoms with E-state index < -0.39 is 0 Å². The van der Waals surface area contributed by atoms with Crippen molar-refractivity contribution in [3.63, 3.8) is 0 Å². The van der Waals surface area contributed by atoms with Gasteiger partial charge in [0.25, 0.3) is 0 Å². The van der Waals surface area contributed by atoms with Gasteiger partial charge in [-0.3, -0.25) is 9.69 Å². The van der Waals surface area contributed by atoms with E-state index in [9.17, 15) is 4.79 Å². The molecule has 1 aliphatic rings. The van der Waals surface area contributed by atoms with Crippen LogP contribution in [0.4, 0.5) is 0 Å². The first-order valence-electron chi connectivity index (χ1n) is 9.04. The first kappa shape index (κ1) is 18.7. The van der Waals surface area contributed by atoms with E-state index in [1.807, 2.05) is 29.2 Å². The van der Waals surface area contributed by atoms with Crippen LogP contribution in [0.15, 0.2) is 36.4 Å². The van der Waals surface area contributed by atoms with E-state index in [0.29, 0.717) is 19.5 Å². The van der Waals surface area contributed by atoms with Crippen LogP contribution < -0.4 is 0 Å². The van der Waals surface area contributed by atoms with Gasteiger partial charge in [-0.1, -0.05) is 55.3 Å². The number of carbonyl (C=O) groups is 1. The van der Waals surface area contributed by atoms with Crippen molar-refractivity contribution in [2.45, 2.75) is 38.1 Å². The molecule has 1 N–H and O–H groups in total. The maximum atomic E-state index is 13.0. The van der Waals surface area contributed by atoms with Gasteiger partial charge in [-0.25, -0.2) is 0 Å². The molecule has 2 rings (SSSR count). The average molecular weight is 330 g/mol. The van der Waals surface area contributed by atoms with Gasteiger partial charge in [0, 0.05) is 19.7 Å². The fraction of sp³-hybridized carbons (Fsp3) is 0.550. The summed E-state index contributed by atoms with van der Waals surface area (Å²) in [6, 6.07) is 10.1. The van der Waals surface area contributed by atoms with Crippen molar-refractivity contribution < 1.29 is 9.90 Å². The Hall–Kier alpha value is -1.65. The number of hydrogen-bond acceptors (Lipinski definition) is 3. The molecule has 0 aliphatic carbocycles. The number of nitrogens with zero attached hydrogens (tertiary/aromatic N) is 2. The largest absolute Gasteiger partial charge is 0.396 e. The lowest BCUT2D eigenvalue weighted by Crippen LogP contribution is -2.47. The van der Waals surface area contributed by atoms with Crippen molar-refractivity contribution in [2.24, 2.45) is 0 Å². The van der Waals surface area contributed by atoms with Gasteiger partial charge in [-0.15, -0.1) is 0 Å². The minimum atomic E-state index is -0.0173. The Morgan fingerprint density at radius 2 is 2.08 bits per heavy atom. The molecule has 0 radical (unpaired) electrons. The average Bonchev–Trinajstić information content (AvgIpc) is 2.82. The van der Waals surface area contributed by atoms with Crippen LogP contribution in [0.5, 0.6) is 0 Å². The van der Waals surface area contributed by atoms with Crippen LogP contribution >= 0.6 is 0 Å². The quantitative estimate of drug-likeness (QED) is 0.836. The number of aliphatic hydroxyl groups excluding tert-OH is 1. The van der Waals surface area contributed by atoms with Gasteiger partial charge >= 0.3 is 0 Å². The number of hydrogen-bond donors (Lipinski definition) is 1. The third-order valence-corrected chi connectivity index (χ3v) is 4.64. The van der Waals surface area contributed by atoms with Gasteiger partial charge in [-0.05, 0) is 38.4 Å². The maximum Gasteiger partial charge on any atom is 0.240 e. The van der Waals surface area contributed by atoms with Crippen LogP contribution in [-0.4, -0.2) is 60.1 Å². The highest BCUT2D eigenvalue weighted by molar-refractivity contribution is 5.82. The van der Waals surface area contributed by atoms with E-state index in [1.165, 1.54) is 12.8 Å². The molecule has 0 saturated carbocycles. The molecule has 0 bridgehead atoms. The Labute approximate surface area is 145 Å². The summed E-state index contributed by atoms with van der Waals surface area (Å²) in [6.07, 6.45) is 9.16. The Bertz CT molecular complexity index is 516. The van der Waals surface area contributed by atoms with Gasteiger partial charge in [0.2, 0.25) is 5.91 Å². The molecule has 24 heavy (non-hydrogen) atoms. The molecule has 0 aromatic heterocycles. The first-order valence-corrected chi connectivity index (χ1v) is 9.04. The number of benzene rings is 1. The molecule has 1 fully saturated rings. The highest BCUT2D eigenvalue weighted by Gasteiger charge is 2.28. The molecule has 1 atom stereocenters. The second-order valence-electron chi connectivity index (χ2n) is 6.52. The molecule has 1 heterocycles. The van der Waals surface area contributed by atoms with E-state index in [2.05, 4.69) is 30.2 Å². The number of carbonyl (C=O) groups excluding carboxylic acids is 1. The summed E-state index contributed by atoms with van der Waals surface area (Å²) in [7, 11) is 2.05. The molecule has 1 amide bonds. The fourth-order valence-corrected chi connectivity index (χ4v) is 3.21. The van der Waals surface area contributed by atoms with Crippen molar-refractivity contribution >= 4 is 12.0 Å². The van der Waals surface area contributed by atoms with Crippen molar-refractivity contribution in [1.29, 1.82) is 0 Å². The number of likely N-dealkylation sites (tertiary alicyclic amines) is 1. The third-order valence-electron chi connectivity index (χ3n) is 4.64. The molecule has 1 aromatic rings. The molecular formula is C20H30N2O2. The predicted molar refractivity (Wildman–Crippen MR) is 98.6 cm³/mol. The van der Waals surface area contributed by atoms with E-state index in [0.717, 1.165) is 24.9 Å². The summed E-state index contributed by atoms with van der Waals surface area (Å²) in [5.41, 5.74) is 1.14. The van der Waals surface area contributed by atoms with Gasteiger partial charge in [-0.2, -0.15) is 0 Å². The normalized spacial score (nSPS) is 19.3. The standard InChI is InChI=1S/C20H30N2O2/c1-21-14-7-3-6-13-19(21)20(24)22(16-9-17-23)15-8-12-18-10-4-2-5-11-18/h2,4-5,8,10-12,19,23H,3,6-7,9,13-17H2,1H3. The topological polar surface area (TPSA) is 43.8 Å². The SMILES string of the molecule is CN1CCCCCC1C(=O)N(CC=Cc1ccccc1)CCCO. The van der Waals surface area contributed by atoms with Crippen molar-refractivity contribution in [3.05, 3.63) is 42.0 Å². The molecule has 1 saturated heterocycles. The molecule has 4 heteroatoms. The second-order valence-corrected chi connectivity index (χ2v) is 6.52. The second kappa shape index (κ2) is 10.3. The minimum Gasteiger partial charge on any atom is -0.396 e. The fourth-order valence-electron chi connectivity index (χ4n) is 3.21. The highest BCUT2D eigenvalue weighted by Crippen LogP contribution is 2.17. The van der Waals surface area contributed by atoms with E-state index >= 15 is 0 Å². The number of rotatable bonds is 7. The van der Waals surface area contributed by atoms with E-state index in [4.69, 9.17) is 5.11 Å². The van der Waals surface area contributed by atoms with Gasteiger partial charge in [0.05, 0.1) is 6.04 Å². The van der Waals surface area contributed by atoms with E-state index in [-0.39, 0.29) is 18.6 Å². The van der Waals surface area contributed by atoms with Gasteiger partial charge in [0.1, 0.15) is 0 Å². The zero-order valence-corrected chi connectivity index (χ0v) is 14.7. The Morgan fingerprint density at radius 3 is 2.83 bits per heavy atom. The Morgan fingerprint density at radius 1 is 1.29 bits per heavy atom. The van der Waals surface area contributed by atoms with Crippen LogP contribution in [-0.2, 0) is 4.79 Å². The summed E-state index contributed by atoms with van der Waals surface area (Å²) in [5.74, 6) is 0.200. The Kier molecular flexibility index (Phi) is 7.99. The molecular weight excluding hydrogens is 300 g/mol. The van der Waals surface area contributed by atoms with Crippen LogP contribution in [0.25, 0.3) is 6.08 Å². The zero-order chi connectivity index (χ0) is 17.2. The maximum absolute atomic E-state index is 13.0. The summed E-state index contributed by atoms with van der Waals surface area (Å²) < 4.78 is 0. The lowest BCUT2D eigenvalue weighted by Gasteiger charge is -2.31. The molecule has 132 valence electrons. The summed E-state index contributed by atoms with van der Waals surface area (Å²) >= 11 is 0. The molecule has 0 spiro atoms. The van der Waals surface area contributed by atoms with Crippen LogP contribution in [0.1, 0.15) is 37.7 Å². The highest BCUT2D eigenvalue weighted by atomic mass is 16.3. The molecule has 1 aliphatic heterocycles. The summed E-state index contributed by atoms with van der Waals surface area (Å²) in [6.45, 7) is 2.31. The monoisotopic (exact) mass is 330 g/mol. The lowest BCUT2D eigenvalue weighted by atomic mass is 10.1. The minimum absolute atomic E-state index is 0.0173. The Balaban J connectivity index is 2.00. The predicted octanol–water partition coefficient (Wildman–Crippen LogP) is 2.79. The smallest absolute Gasteiger partial charge is 0.240 e. The van der Waals surface area contributed by atoms with E-state index in [1.54, 1.807) is 0 Å².